The molecule has 1 atom stereocenters. The highest BCUT2D eigenvalue weighted by molar-refractivity contribution is 7.80. The fraction of sp³-hybridized carbons (Fsp3) is 0.500. The Morgan fingerprint density at radius 1 is 1.75 bits per heavy atom. The van der Waals surface area contributed by atoms with Crippen molar-refractivity contribution in [3.05, 3.63) is 12.2 Å². The maximum absolute atomic E-state index is 8.94. The topological polar surface area (TPSA) is 20.2 Å². The largest absolute Gasteiger partial charge is 0.392 e. The molecule has 0 saturated carbocycles. The lowest BCUT2D eigenvalue weighted by atomic mass is 10.1. The summed E-state index contributed by atoms with van der Waals surface area (Å²) in [7, 11) is 0. The molecule has 1 nitrogen and oxygen atoms in total. The lowest BCUT2D eigenvalue weighted by molar-refractivity contribution is 0.185. The molecule has 0 spiro atoms. The van der Waals surface area contributed by atoms with E-state index in [1.54, 1.807) is 0 Å². The Kier molecular flexibility index (Phi) is 1.76. The van der Waals surface area contributed by atoms with Gasteiger partial charge in [-0.05, 0) is 6.42 Å². The molecule has 0 aromatic heterocycles. The zero-order chi connectivity index (χ0) is 5.98. The van der Waals surface area contributed by atoms with Crippen LogP contribution in [-0.4, -0.2) is 16.1 Å². The van der Waals surface area contributed by atoms with Gasteiger partial charge < -0.3 is 5.11 Å². The Hall–Kier alpha value is -0.210. The lowest BCUT2D eigenvalue weighted by Gasteiger charge is -2.10. The van der Waals surface area contributed by atoms with E-state index in [0.717, 1.165) is 11.3 Å². The van der Waals surface area contributed by atoms with E-state index in [1.165, 1.54) is 0 Å². The van der Waals surface area contributed by atoms with Gasteiger partial charge in [0.1, 0.15) is 0 Å². The molecule has 0 fully saturated rings. The van der Waals surface area contributed by atoms with E-state index in [1.807, 2.05) is 12.2 Å². The number of aliphatic hydroxyl groups is 1. The Morgan fingerprint density at radius 3 is 2.88 bits per heavy atom. The molecule has 8 heavy (non-hydrogen) atoms. The summed E-state index contributed by atoms with van der Waals surface area (Å²) in [5.41, 5.74) is 0. The number of hydrogen-bond donors (Lipinski definition) is 1. The molecule has 44 valence electrons. The summed E-state index contributed by atoms with van der Waals surface area (Å²) in [6.07, 6.45) is 5.03. The van der Waals surface area contributed by atoms with E-state index in [4.69, 9.17) is 17.3 Å². The third-order valence-electron chi connectivity index (χ3n) is 1.15. The predicted molar refractivity (Wildman–Crippen MR) is 37.0 cm³/mol. The first-order valence-electron chi connectivity index (χ1n) is 2.66. The summed E-state index contributed by atoms with van der Waals surface area (Å²) in [5, 5.41) is 8.94. The fourth-order valence-corrected chi connectivity index (χ4v) is 1.03. The highest BCUT2D eigenvalue weighted by atomic mass is 32.1. The van der Waals surface area contributed by atoms with E-state index < -0.39 is 0 Å². The Morgan fingerprint density at radius 2 is 2.50 bits per heavy atom. The van der Waals surface area contributed by atoms with Gasteiger partial charge in [0, 0.05) is 11.3 Å². The van der Waals surface area contributed by atoms with Crippen LogP contribution in [0.4, 0.5) is 0 Å². The van der Waals surface area contributed by atoms with Crippen molar-refractivity contribution in [2.24, 2.45) is 0 Å². The fourth-order valence-electron chi connectivity index (χ4n) is 0.740. The van der Waals surface area contributed by atoms with Crippen LogP contribution in [-0.2, 0) is 0 Å². The third-order valence-corrected chi connectivity index (χ3v) is 1.45. The van der Waals surface area contributed by atoms with Gasteiger partial charge in [0.2, 0.25) is 0 Å². The summed E-state index contributed by atoms with van der Waals surface area (Å²) >= 11 is 4.84. The van der Waals surface area contributed by atoms with Gasteiger partial charge in [-0.2, -0.15) is 0 Å². The van der Waals surface area contributed by atoms with Crippen molar-refractivity contribution >= 4 is 17.1 Å². The van der Waals surface area contributed by atoms with Gasteiger partial charge in [0.25, 0.3) is 0 Å². The van der Waals surface area contributed by atoms with Crippen LogP contribution < -0.4 is 0 Å². The number of thiocarbonyl (C=S) groups is 1. The van der Waals surface area contributed by atoms with Crippen LogP contribution in [0.15, 0.2) is 12.2 Å². The van der Waals surface area contributed by atoms with Crippen LogP contribution in [0, 0.1) is 0 Å². The Balaban J connectivity index is 2.54. The molecule has 0 aromatic rings. The third kappa shape index (κ3) is 1.39. The number of aliphatic hydroxyl groups excluding tert-OH is 1. The molecular weight excluding hydrogens is 120 g/mol. The highest BCUT2D eigenvalue weighted by Crippen LogP contribution is 2.07. The maximum Gasteiger partial charge on any atom is 0.0623 e. The van der Waals surface area contributed by atoms with Gasteiger partial charge in [-0.15, -0.1) is 0 Å². The Bertz CT molecular complexity index is 128. The maximum atomic E-state index is 8.94. The molecule has 1 aliphatic carbocycles. The van der Waals surface area contributed by atoms with Crippen molar-refractivity contribution in [3.8, 4) is 0 Å². The molecule has 1 aliphatic rings. The van der Waals surface area contributed by atoms with Crippen LogP contribution in [0.5, 0.6) is 0 Å². The minimum atomic E-state index is -0.215. The number of allylic oxidation sites excluding steroid dienone is 1. The molecule has 0 radical (unpaired) electrons. The van der Waals surface area contributed by atoms with Crippen LogP contribution in [0.1, 0.15) is 12.8 Å². The predicted octanol–water partition coefficient (Wildman–Crippen LogP) is 1.07. The van der Waals surface area contributed by atoms with Crippen LogP contribution >= 0.6 is 12.2 Å². The van der Waals surface area contributed by atoms with Gasteiger partial charge >= 0.3 is 0 Å². The van der Waals surface area contributed by atoms with E-state index in [0.29, 0.717) is 6.42 Å². The molecule has 1 N–H and O–H groups in total. The standard InChI is InChI=1S/C6H8OS/c7-5-2-1-3-6(8)4-5/h1,3,5,7H,2,4H2. The molecule has 0 aromatic carbocycles. The number of hydrogen-bond acceptors (Lipinski definition) is 2. The molecule has 0 amide bonds. The zero-order valence-electron chi connectivity index (χ0n) is 4.50. The average molecular weight is 128 g/mol. The second-order valence-electron chi connectivity index (χ2n) is 1.96. The van der Waals surface area contributed by atoms with E-state index in [9.17, 15) is 0 Å². The van der Waals surface area contributed by atoms with Gasteiger partial charge in [-0.3, -0.25) is 0 Å². The normalized spacial score (nSPS) is 28.6. The molecule has 0 bridgehead atoms. The quantitative estimate of drug-likeness (QED) is 0.492. The van der Waals surface area contributed by atoms with E-state index in [2.05, 4.69) is 0 Å². The molecule has 0 aliphatic heterocycles. The summed E-state index contributed by atoms with van der Waals surface area (Å²) < 4.78 is 0. The minimum Gasteiger partial charge on any atom is -0.392 e. The van der Waals surface area contributed by atoms with Crippen LogP contribution in [0.2, 0.25) is 0 Å². The Labute approximate surface area is 54.0 Å². The molecular formula is C6H8OS. The summed E-state index contributed by atoms with van der Waals surface area (Å²) in [5.74, 6) is 0. The first-order chi connectivity index (χ1) is 3.79. The first kappa shape index (κ1) is 5.92. The minimum absolute atomic E-state index is 0.215. The summed E-state index contributed by atoms with van der Waals surface area (Å²) in [6.45, 7) is 0. The van der Waals surface area contributed by atoms with E-state index >= 15 is 0 Å². The summed E-state index contributed by atoms with van der Waals surface area (Å²) in [4.78, 5) is 0.865. The van der Waals surface area contributed by atoms with Crippen molar-refractivity contribution in [2.75, 3.05) is 0 Å². The van der Waals surface area contributed by atoms with Crippen molar-refractivity contribution in [2.45, 2.75) is 18.9 Å². The van der Waals surface area contributed by atoms with Crippen LogP contribution in [0.3, 0.4) is 0 Å². The van der Waals surface area contributed by atoms with Crippen molar-refractivity contribution in [3.63, 3.8) is 0 Å². The zero-order valence-corrected chi connectivity index (χ0v) is 5.32. The van der Waals surface area contributed by atoms with Crippen LogP contribution in [0.25, 0.3) is 0 Å². The molecule has 1 unspecified atom stereocenters. The first-order valence-corrected chi connectivity index (χ1v) is 3.07. The lowest BCUT2D eigenvalue weighted by Crippen LogP contribution is -2.13. The smallest absolute Gasteiger partial charge is 0.0623 e. The van der Waals surface area contributed by atoms with Gasteiger partial charge in [-0.25, -0.2) is 0 Å². The average Bonchev–Trinajstić information content (AvgIpc) is 1.64. The van der Waals surface area contributed by atoms with E-state index in [-0.39, 0.29) is 6.10 Å². The molecule has 1 rings (SSSR count). The monoisotopic (exact) mass is 128 g/mol. The molecule has 0 saturated heterocycles. The highest BCUT2D eigenvalue weighted by Gasteiger charge is 2.07. The second kappa shape index (κ2) is 2.37. The SMILES string of the molecule is OC1CC=CC(=S)C1. The second-order valence-corrected chi connectivity index (χ2v) is 2.49. The number of rotatable bonds is 0. The summed E-state index contributed by atoms with van der Waals surface area (Å²) in [6, 6.07) is 0. The van der Waals surface area contributed by atoms with Gasteiger partial charge in [0.05, 0.1) is 6.10 Å². The van der Waals surface area contributed by atoms with Gasteiger partial charge in [-0.1, -0.05) is 24.4 Å². The molecule has 2 heteroatoms. The van der Waals surface area contributed by atoms with Crippen molar-refractivity contribution in [1.29, 1.82) is 0 Å². The molecule has 0 heterocycles. The van der Waals surface area contributed by atoms with Gasteiger partial charge in [0.15, 0.2) is 0 Å². The van der Waals surface area contributed by atoms with Crippen molar-refractivity contribution in [1.82, 2.24) is 0 Å². The van der Waals surface area contributed by atoms with Crippen molar-refractivity contribution < 1.29 is 5.11 Å².